The molecule has 0 aliphatic carbocycles. The van der Waals surface area contributed by atoms with Gasteiger partial charge >= 0.3 is 5.97 Å². The van der Waals surface area contributed by atoms with Crippen LogP contribution in [-0.2, 0) is 4.74 Å². The molecule has 0 saturated carbocycles. The van der Waals surface area contributed by atoms with Crippen molar-refractivity contribution >= 4 is 29.1 Å². The number of hydrogen-bond donors (Lipinski definition) is 2. The predicted molar refractivity (Wildman–Crippen MR) is 111 cm³/mol. The Labute approximate surface area is 168 Å². The highest BCUT2D eigenvalue weighted by molar-refractivity contribution is 6.05. The number of rotatable bonds is 7. The number of pyridine rings is 1. The number of aromatic nitrogens is 1. The number of benzene rings is 2. The van der Waals surface area contributed by atoms with Gasteiger partial charge in [0.05, 0.1) is 36.2 Å². The Kier molecular flexibility index (Phi) is 6.42. The van der Waals surface area contributed by atoms with Crippen molar-refractivity contribution in [1.29, 1.82) is 0 Å². The Bertz CT molecular complexity index is 1000. The molecule has 0 aliphatic heterocycles. The minimum Gasteiger partial charge on any atom is -0.495 e. The quantitative estimate of drug-likeness (QED) is 0.585. The Morgan fingerprint density at radius 3 is 2.38 bits per heavy atom. The first-order valence-corrected chi connectivity index (χ1v) is 9.06. The van der Waals surface area contributed by atoms with Gasteiger partial charge in [0.25, 0.3) is 5.91 Å². The van der Waals surface area contributed by atoms with Gasteiger partial charge in [-0.15, -0.1) is 0 Å². The molecule has 2 N–H and O–H groups in total. The van der Waals surface area contributed by atoms with Crippen molar-refractivity contribution < 1.29 is 19.1 Å². The number of ether oxygens (including phenoxy) is 2. The first kappa shape index (κ1) is 19.9. The van der Waals surface area contributed by atoms with E-state index in [-0.39, 0.29) is 5.91 Å². The predicted octanol–water partition coefficient (Wildman–Crippen LogP) is 4.26. The molecule has 0 spiro atoms. The number of nitrogens with zero attached hydrogens (tertiary/aromatic N) is 1. The highest BCUT2D eigenvalue weighted by Crippen LogP contribution is 2.24. The second kappa shape index (κ2) is 9.36. The van der Waals surface area contributed by atoms with Crippen molar-refractivity contribution in [1.82, 2.24) is 4.98 Å². The fourth-order valence-electron chi connectivity index (χ4n) is 2.66. The fourth-order valence-corrected chi connectivity index (χ4v) is 2.66. The molecule has 1 heterocycles. The summed E-state index contributed by atoms with van der Waals surface area (Å²) in [5, 5.41) is 5.88. The van der Waals surface area contributed by atoms with Crippen molar-refractivity contribution in [2.45, 2.75) is 6.92 Å². The van der Waals surface area contributed by atoms with Crippen LogP contribution in [0.2, 0.25) is 0 Å². The van der Waals surface area contributed by atoms with Crippen molar-refractivity contribution in [2.24, 2.45) is 0 Å². The molecular weight excluding hydrogens is 370 g/mol. The lowest BCUT2D eigenvalue weighted by molar-refractivity contribution is 0.0527. The lowest BCUT2D eigenvalue weighted by Gasteiger charge is -2.12. The first-order chi connectivity index (χ1) is 14.1. The molecule has 0 bridgehead atoms. The van der Waals surface area contributed by atoms with E-state index in [0.717, 1.165) is 0 Å². The van der Waals surface area contributed by atoms with E-state index in [1.807, 2.05) is 12.1 Å². The van der Waals surface area contributed by atoms with Gasteiger partial charge in [0.15, 0.2) is 0 Å². The summed E-state index contributed by atoms with van der Waals surface area (Å²) in [5.74, 6) is 0.349. The normalized spacial score (nSPS) is 10.1. The van der Waals surface area contributed by atoms with E-state index in [4.69, 9.17) is 9.47 Å². The summed E-state index contributed by atoms with van der Waals surface area (Å²) in [6.45, 7) is 2.05. The van der Waals surface area contributed by atoms with Crippen LogP contribution in [0.1, 0.15) is 27.6 Å². The van der Waals surface area contributed by atoms with E-state index in [2.05, 4.69) is 15.6 Å². The maximum absolute atomic E-state index is 12.5. The zero-order chi connectivity index (χ0) is 20.6. The maximum Gasteiger partial charge on any atom is 0.340 e. The molecule has 7 heteroatoms. The molecule has 148 valence electrons. The molecule has 29 heavy (non-hydrogen) atoms. The minimum absolute atomic E-state index is 0.293. The Hall–Kier alpha value is -3.87. The minimum atomic E-state index is -0.414. The van der Waals surface area contributed by atoms with Crippen molar-refractivity contribution in [3.63, 3.8) is 0 Å². The molecule has 7 nitrogen and oxygen atoms in total. The lowest BCUT2D eigenvalue weighted by atomic mass is 10.1. The average molecular weight is 391 g/mol. The number of para-hydroxylation sites is 3. The summed E-state index contributed by atoms with van der Waals surface area (Å²) in [6, 6.07) is 17.5. The molecule has 2 aromatic carbocycles. The Morgan fingerprint density at radius 2 is 1.69 bits per heavy atom. The van der Waals surface area contributed by atoms with Crippen LogP contribution in [0.25, 0.3) is 0 Å². The molecule has 1 amide bonds. The molecule has 0 radical (unpaired) electrons. The van der Waals surface area contributed by atoms with E-state index in [1.165, 1.54) is 6.20 Å². The topological polar surface area (TPSA) is 89.5 Å². The van der Waals surface area contributed by atoms with Crippen LogP contribution in [-0.4, -0.2) is 30.6 Å². The molecule has 0 aliphatic rings. The number of esters is 1. The van der Waals surface area contributed by atoms with Crippen molar-refractivity contribution in [3.05, 3.63) is 78.0 Å². The number of hydrogen-bond acceptors (Lipinski definition) is 6. The summed E-state index contributed by atoms with van der Waals surface area (Å²) in [4.78, 5) is 28.8. The first-order valence-electron chi connectivity index (χ1n) is 9.06. The fraction of sp³-hybridized carbons (Fsp3) is 0.136. The molecule has 0 atom stereocenters. The highest BCUT2D eigenvalue weighted by atomic mass is 16.5. The SMILES string of the molecule is CCOC(=O)c1ccccc1Nc1ccc(C(=O)Nc2ccccc2OC)cn1. The summed E-state index contributed by atoms with van der Waals surface area (Å²) < 4.78 is 10.3. The standard InChI is InChI=1S/C22H21N3O4/c1-3-29-22(27)16-8-4-5-9-17(16)24-20-13-12-15(14-23-20)21(26)25-18-10-6-7-11-19(18)28-2/h4-14H,3H2,1-2H3,(H,23,24)(H,25,26). The molecule has 3 rings (SSSR count). The Balaban J connectivity index is 1.73. The number of amides is 1. The van der Waals surface area contributed by atoms with E-state index >= 15 is 0 Å². The third-order valence-corrected chi connectivity index (χ3v) is 4.07. The molecule has 0 fully saturated rings. The molecule has 3 aromatic rings. The second-order valence-electron chi connectivity index (χ2n) is 5.98. The van der Waals surface area contributed by atoms with E-state index in [9.17, 15) is 9.59 Å². The van der Waals surface area contributed by atoms with Crippen LogP contribution >= 0.6 is 0 Å². The van der Waals surface area contributed by atoms with Gasteiger partial charge in [-0.2, -0.15) is 0 Å². The van der Waals surface area contributed by atoms with Gasteiger partial charge in [-0.3, -0.25) is 4.79 Å². The van der Waals surface area contributed by atoms with Crippen LogP contribution in [0.4, 0.5) is 17.2 Å². The summed E-state index contributed by atoms with van der Waals surface area (Å²) in [6.07, 6.45) is 1.46. The number of methoxy groups -OCH3 is 1. The van der Waals surface area contributed by atoms with Gasteiger partial charge in [-0.25, -0.2) is 9.78 Å². The largest absolute Gasteiger partial charge is 0.495 e. The molecule has 0 saturated heterocycles. The maximum atomic E-state index is 12.5. The van der Waals surface area contributed by atoms with E-state index < -0.39 is 5.97 Å². The molecule has 0 unspecified atom stereocenters. The van der Waals surface area contributed by atoms with E-state index in [0.29, 0.717) is 40.7 Å². The molecule has 1 aromatic heterocycles. The van der Waals surface area contributed by atoms with Crippen LogP contribution in [0.5, 0.6) is 5.75 Å². The van der Waals surface area contributed by atoms with Crippen LogP contribution < -0.4 is 15.4 Å². The zero-order valence-electron chi connectivity index (χ0n) is 16.1. The zero-order valence-corrected chi connectivity index (χ0v) is 16.1. The van der Waals surface area contributed by atoms with Gasteiger partial charge in [-0.05, 0) is 43.3 Å². The third-order valence-electron chi connectivity index (χ3n) is 4.07. The van der Waals surface area contributed by atoms with Crippen LogP contribution in [0.3, 0.4) is 0 Å². The van der Waals surface area contributed by atoms with Gasteiger partial charge < -0.3 is 20.1 Å². The van der Waals surface area contributed by atoms with Crippen LogP contribution in [0, 0.1) is 0 Å². The molecular formula is C22H21N3O4. The highest BCUT2D eigenvalue weighted by Gasteiger charge is 2.13. The summed E-state index contributed by atoms with van der Waals surface area (Å²) in [5.41, 5.74) is 1.95. The smallest absolute Gasteiger partial charge is 0.340 e. The third kappa shape index (κ3) is 4.90. The van der Waals surface area contributed by atoms with Gasteiger partial charge in [0, 0.05) is 6.20 Å². The number of anilines is 3. The Morgan fingerprint density at radius 1 is 0.966 bits per heavy atom. The van der Waals surface area contributed by atoms with Gasteiger partial charge in [0.1, 0.15) is 11.6 Å². The number of nitrogens with one attached hydrogen (secondary N) is 2. The monoisotopic (exact) mass is 391 g/mol. The van der Waals surface area contributed by atoms with E-state index in [1.54, 1.807) is 62.6 Å². The average Bonchev–Trinajstić information content (AvgIpc) is 2.75. The van der Waals surface area contributed by atoms with Crippen molar-refractivity contribution in [2.75, 3.05) is 24.4 Å². The number of carbonyl (C=O) groups excluding carboxylic acids is 2. The van der Waals surface area contributed by atoms with Gasteiger partial charge in [0.2, 0.25) is 0 Å². The summed E-state index contributed by atoms with van der Waals surface area (Å²) in [7, 11) is 1.54. The van der Waals surface area contributed by atoms with Crippen molar-refractivity contribution in [3.8, 4) is 5.75 Å². The number of carbonyl (C=O) groups is 2. The summed E-state index contributed by atoms with van der Waals surface area (Å²) >= 11 is 0. The lowest BCUT2D eigenvalue weighted by Crippen LogP contribution is -2.13. The van der Waals surface area contributed by atoms with Crippen LogP contribution in [0.15, 0.2) is 66.9 Å². The van der Waals surface area contributed by atoms with Gasteiger partial charge in [-0.1, -0.05) is 24.3 Å². The second-order valence-corrected chi connectivity index (χ2v) is 5.98.